The minimum Gasteiger partial charge on any atom is -0.378 e. The van der Waals surface area contributed by atoms with Gasteiger partial charge < -0.3 is 5.32 Å². The SMILES string of the molecule is Cc1cc(Br)c(NCc2c(C)nc3sc(C)cn23)c(Br)c1. The lowest BCUT2D eigenvalue weighted by atomic mass is 10.2. The number of nitrogens with zero attached hydrogens (tertiary/aromatic N) is 2. The molecule has 2 heterocycles. The quantitative estimate of drug-likeness (QED) is 0.600. The first-order valence-corrected chi connectivity index (χ1v) is 8.99. The van der Waals surface area contributed by atoms with E-state index in [9.17, 15) is 0 Å². The van der Waals surface area contributed by atoms with E-state index in [0.29, 0.717) is 0 Å². The van der Waals surface area contributed by atoms with Crippen molar-refractivity contribution in [3.8, 4) is 0 Å². The molecule has 0 spiro atoms. The van der Waals surface area contributed by atoms with Crippen LogP contribution in [0.15, 0.2) is 27.3 Å². The van der Waals surface area contributed by atoms with Crippen molar-refractivity contribution in [3.05, 3.63) is 49.1 Å². The third-order valence-electron chi connectivity index (χ3n) is 3.36. The average Bonchev–Trinajstić information content (AvgIpc) is 2.84. The summed E-state index contributed by atoms with van der Waals surface area (Å²) in [4.78, 5) is 6.96. The lowest BCUT2D eigenvalue weighted by Gasteiger charge is -2.12. The Morgan fingerprint density at radius 3 is 2.52 bits per heavy atom. The van der Waals surface area contributed by atoms with E-state index in [1.54, 1.807) is 11.3 Å². The maximum Gasteiger partial charge on any atom is 0.194 e. The summed E-state index contributed by atoms with van der Waals surface area (Å²) in [6.45, 7) is 6.99. The first kappa shape index (κ1) is 15.1. The van der Waals surface area contributed by atoms with Gasteiger partial charge in [0.25, 0.3) is 0 Å². The van der Waals surface area contributed by atoms with Gasteiger partial charge in [-0.1, -0.05) is 0 Å². The number of anilines is 1. The van der Waals surface area contributed by atoms with Gasteiger partial charge in [0.1, 0.15) is 0 Å². The molecule has 0 fully saturated rings. The third-order valence-corrected chi connectivity index (χ3v) is 5.51. The van der Waals surface area contributed by atoms with Gasteiger partial charge in [-0.3, -0.25) is 4.40 Å². The molecule has 110 valence electrons. The highest BCUT2D eigenvalue weighted by atomic mass is 79.9. The van der Waals surface area contributed by atoms with Crippen LogP contribution in [0.4, 0.5) is 5.69 Å². The fraction of sp³-hybridized carbons (Fsp3) is 0.267. The summed E-state index contributed by atoms with van der Waals surface area (Å²) in [6, 6.07) is 4.22. The largest absolute Gasteiger partial charge is 0.378 e. The number of halogens is 2. The highest BCUT2D eigenvalue weighted by molar-refractivity contribution is 9.11. The summed E-state index contributed by atoms with van der Waals surface area (Å²) in [7, 11) is 0. The third kappa shape index (κ3) is 2.89. The molecule has 0 atom stereocenters. The van der Waals surface area contributed by atoms with E-state index in [1.165, 1.54) is 16.1 Å². The molecule has 21 heavy (non-hydrogen) atoms. The number of fused-ring (bicyclic) bond motifs is 1. The zero-order chi connectivity index (χ0) is 15.1. The van der Waals surface area contributed by atoms with E-state index >= 15 is 0 Å². The van der Waals surface area contributed by atoms with Gasteiger partial charge in [-0.05, 0) is 70.3 Å². The number of imidazole rings is 1. The van der Waals surface area contributed by atoms with Gasteiger partial charge in [0, 0.05) is 20.0 Å². The van der Waals surface area contributed by atoms with E-state index in [0.717, 1.165) is 31.8 Å². The van der Waals surface area contributed by atoms with Crippen LogP contribution in [0, 0.1) is 20.8 Å². The molecule has 6 heteroatoms. The molecule has 0 saturated carbocycles. The number of thiazole rings is 1. The van der Waals surface area contributed by atoms with Crippen LogP contribution in [0.3, 0.4) is 0 Å². The maximum atomic E-state index is 4.62. The van der Waals surface area contributed by atoms with Crippen LogP contribution in [0.25, 0.3) is 4.96 Å². The predicted octanol–water partition coefficient (Wildman–Crippen LogP) is 5.46. The summed E-state index contributed by atoms with van der Waals surface area (Å²) in [6.07, 6.45) is 2.15. The summed E-state index contributed by atoms with van der Waals surface area (Å²) in [5.74, 6) is 0. The molecule has 1 N–H and O–H groups in total. The van der Waals surface area contributed by atoms with Crippen LogP contribution >= 0.6 is 43.2 Å². The zero-order valence-corrected chi connectivity index (χ0v) is 16.0. The Kier molecular flexibility index (Phi) is 4.12. The van der Waals surface area contributed by atoms with Crippen LogP contribution in [-0.4, -0.2) is 9.38 Å². The number of aryl methyl sites for hydroxylation is 3. The van der Waals surface area contributed by atoms with E-state index in [2.05, 4.69) is 85.7 Å². The lowest BCUT2D eigenvalue weighted by molar-refractivity contribution is 0.989. The van der Waals surface area contributed by atoms with Gasteiger partial charge in [-0.15, -0.1) is 11.3 Å². The van der Waals surface area contributed by atoms with E-state index in [-0.39, 0.29) is 0 Å². The molecule has 0 saturated heterocycles. The number of hydrogen-bond acceptors (Lipinski definition) is 3. The fourth-order valence-corrected chi connectivity index (χ4v) is 4.95. The van der Waals surface area contributed by atoms with Crippen molar-refractivity contribution >= 4 is 53.8 Å². The Hall–Kier alpha value is -0.850. The normalized spacial score (nSPS) is 11.3. The van der Waals surface area contributed by atoms with E-state index in [1.807, 2.05) is 0 Å². The molecule has 3 rings (SSSR count). The first-order valence-electron chi connectivity index (χ1n) is 6.59. The molecule has 0 radical (unpaired) electrons. The van der Waals surface area contributed by atoms with Crippen molar-refractivity contribution < 1.29 is 0 Å². The lowest BCUT2D eigenvalue weighted by Crippen LogP contribution is -2.05. The number of hydrogen-bond donors (Lipinski definition) is 1. The molecule has 0 unspecified atom stereocenters. The van der Waals surface area contributed by atoms with Crippen molar-refractivity contribution in [2.24, 2.45) is 0 Å². The van der Waals surface area contributed by atoms with Crippen molar-refractivity contribution in [2.75, 3.05) is 5.32 Å². The monoisotopic (exact) mass is 427 g/mol. The maximum absolute atomic E-state index is 4.62. The van der Waals surface area contributed by atoms with Gasteiger partial charge in [-0.2, -0.15) is 0 Å². The molecular weight excluding hydrogens is 414 g/mol. The Balaban J connectivity index is 1.92. The van der Waals surface area contributed by atoms with Crippen LogP contribution in [0.1, 0.15) is 21.8 Å². The Bertz CT molecular complexity index is 797. The topological polar surface area (TPSA) is 29.3 Å². The van der Waals surface area contributed by atoms with Gasteiger partial charge in [0.05, 0.1) is 23.6 Å². The molecule has 0 aliphatic carbocycles. The summed E-state index contributed by atoms with van der Waals surface area (Å²) >= 11 is 8.97. The van der Waals surface area contributed by atoms with Crippen LogP contribution < -0.4 is 5.32 Å². The van der Waals surface area contributed by atoms with Gasteiger partial charge in [0.15, 0.2) is 4.96 Å². The summed E-state index contributed by atoms with van der Waals surface area (Å²) in [5, 5.41) is 3.50. The minimum atomic E-state index is 0.740. The second-order valence-electron chi connectivity index (χ2n) is 5.10. The Morgan fingerprint density at radius 2 is 1.86 bits per heavy atom. The minimum absolute atomic E-state index is 0.740. The van der Waals surface area contributed by atoms with Crippen LogP contribution in [0.5, 0.6) is 0 Å². The van der Waals surface area contributed by atoms with Gasteiger partial charge in [-0.25, -0.2) is 4.98 Å². The Morgan fingerprint density at radius 1 is 1.19 bits per heavy atom. The van der Waals surface area contributed by atoms with Crippen molar-refractivity contribution in [1.82, 2.24) is 9.38 Å². The van der Waals surface area contributed by atoms with Gasteiger partial charge in [0.2, 0.25) is 0 Å². The van der Waals surface area contributed by atoms with Crippen molar-refractivity contribution in [2.45, 2.75) is 27.3 Å². The number of rotatable bonds is 3. The molecule has 1 aromatic carbocycles. The molecule has 3 aromatic rings. The molecule has 0 bridgehead atoms. The fourth-order valence-electron chi connectivity index (χ4n) is 2.36. The van der Waals surface area contributed by atoms with Crippen molar-refractivity contribution in [3.63, 3.8) is 0 Å². The Labute approximate surface area is 144 Å². The van der Waals surface area contributed by atoms with Crippen molar-refractivity contribution in [1.29, 1.82) is 0 Å². The molecule has 3 nitrogen and oxygen atoms in total. The zero-order valence-electron chi connectivity index (χ0n) is 12.0. The van der Waals surface area contributed by atoms with Gasteiger partial charge >= 0.3 is 0 Å². The van der Waals surface area contributed by atoms with E-state index < -0.39 is 0 Å². The number of aromatic nitrogens is 2. The summed E-state index contributed by atoms with van der Waals surface area (Å²) in [5.41, 5.74) is 4.57. The smallest absolute Gasteiger partial charge is 0.194 e. The average molecular weight is 429 g/mol. The molecule has 0 amide bonds. The van der Waals surface area contributed by atoms with Crippen LogP contribution in [-0.2, 0) is 6.54 Å². The predicted molar refractivity (Wildman–Crippen MR) is 96.4 cm³/mol. The molecule has 0 aliphatic heterocycles. The molecular formula is C15H15Br2N3S. The second-order valence-corrected chi connectivity index (χ2v) is 8.02. The van der Waals surface area contributed by atoms with Crippen LogP contribution in [0.2, 0.25) is 0 Å². The summed E-state index contributed by atoms with van der Waals surface area (Å²) < 4.78 is 4.31. The molecule has 0 aliphatic rings. The first-order chi connectivity index (χ1) is 9.95. The number of benzene rings is 1. The highest BCUT2D eigenvalue weighted by Crippen LogP contribution is 2.33. The number of nitrogens with one attached hydrogen (secondary N) is 1. The van der Waals surface area contributed by atoms with E-state index in [4.69, 9.17) is 0 Å². The molecule has 2 aromatic heterocycles. The standard InChI is InChI=1S/C15H15Br2N3S/c1-8-4-11(16)14(12(17)5-8)18-6-13-10(3)19-15-20(13)7-9(2)21-15/h4-5,7,18H,6H2,1-3H3. The highest BCUT2D eigenvalue weighted by Gasteiger charge is 2.12. The second kappa shape index (κ2) is 5.74.